The largest absolute Gasteiger partial charge is 0.444 e. The minimum absolute atomic E-state index is 0.242. The highest BCUT2D eigenvalue weighted by Gasteiger charge is 2.13. The molecule has 0 N–H and O–H groups in total. The van der Waals surface area contributed by atoms with Crippen molar-refractivity contribution in [3.05, 3.63) is 78.6 Å². The molecule has 3 aromatic rings. The molecule has 0 bridgehead atoms. The summed E-state index contributed by atoms with van der Waals surface area (Å²) in [7, 11) is 0. The molecule has 3 rings (SSSR count). The molecule has 4 heteroatoms. The van der Waals surface area contributed by atoms with Gasteiger partial charge in [-0.25, -0.2) is 14.3 Å². The monoisotopic (exact) mass is 278 g/mol. The van der Waals surface area contributed by atoms with Crippen molar-refractivity contribution < 1.29 is 9.53 Å². The summed E-state index contributed by atoms with van der Waals surface area (Å²) < 4.78 is 6.73. The van der Waals surface area contributed by atoms with Crippen molar-refractivity contribution in [2.24, 2.45) is 0 Å². The number of ether oxygens (including phenoxy) is 1. The summed E-state index contributed by atoms with van der Waals surface area (Å²) in [6.07, 6.45) is 2.76. The molecule has 0 spiro atoms. The number of benzene rings is 2. The highest BCUT2D eigenvalue weighted by atomic mass is 16.5. The van der Waals surface area contributed by atoms with Crippen LogP contribution in [0.4, 0.5) is 4.79 Å². The molecule has 0 aliphatic rings. The maximum atomic E-state index is 12.2. The lowest BCUT2D eigenvalue weighted by Crippen LogP contribution is -2.14. The van der Waals surface area contributed by atoms with Gasteiger partial charge in [-0.2, -0.15) is 0 Å². The Balaban J connectivity index is 1.76. The Bertz CT molecular complexity index is 721. The predicted molar refractivity (Wildman–Crippen MR) is 79.7 cm³/mol. The number of rotatable bonds is 3. The van der Waals surface area contributed by atoms with E-state index in [1.807, 2.05) is 60.7 Å². The average molecular weight is 278 g/mol. The second-order valence-corrected chi connectivity index (χ2v) is 4.53. The van der Waals surface area contributed by atoms with Gasteiger partial charge in [0, 0.05) is 18.0 Å². The Morgan fingerprint density at radius 1 is 1.00 bits per heavy atom. The lowest BCUT2D eigenvalue weighted by molar-refractivity contribution is 0.141. The number of hydrogen-bond donors (Lipinski definition) is 0. The highest BCUT2D eigenvalue weighted by Crippen LogP contribution is 2.17. The van der Waals surface area contributed by atoms with E-state index in [1.165, 1.54) is 4.57 Å². The van der Waals surface area contributed by atoms with Gasteiger partial charge in [-0.3, -0.25) is 0 Å². The van der Waals surface area contributed by atoms with Crippen LogP contribution in [-0.2, 0) is 11.3 Å². The van der Waals surface area contributed by atoms with Gasteiger partial charge in [-0.15, -0.1) is 0 Å². The van der Waals surface area contributed by atoms with Crippen molar-refractivity contribution in [2.45, 2.75) is 6.61 Å². The quantitative estimate of drug-likeness (QED) is 0.733. The molecule has 0 saturated heterocycles. The van der Waals surface area contributed by atoms with Crippen LogP contribution < -0.4 is 0 Å². The summed E-state index contributed by atoms with van der Waals surface area (Å²) in [5, 5.41) is 0. The van der Waals surface area contributed by atoms with Gasteiger partial charge in [0.05, 0.1) is 0 Å². The topological polar surface area (TPSA) is 44.1 Å². The fourth-order valence-electron chi connectivity index (χ4n) is 2.04. The van der Waals surface area contributed by atoms with Gasteiger partial charge < -0.3 is 4.74 Å². The average Bonchev–Trinajstić information content (AvgIpc) is 3.04. The van der Waals surface area contributed by atoms with Crippen LogP contribution in [0, 0.1) is 0 Å². The minimum atomic E-state index is -0.435. The molecule has 0 atom stereocenters. The van der Waals surface area contributed by atoms with Crippen molar-refractivity contribution in [3.63, 3.8) is 0 Å². The Morgan fingerprint density at radius 3 is 2.38 bits per heavy atom. The summed E-state index contributed by atoms with van der Waals surface area (Å²) in [5.41, 5.74) is 1.83. The lowest BCUT2D eigenvalue weighted by atomic mass is 10.2. The summed E-state index contributed by atoms with van der Waals surface area (Å²) in [4.78, 5) is 16.4. The third-order valence-corrected chi connectivity index (χ3v) is 3.07. The van der Waals surface area contributed by atoms with Gasteiger partial charge in [0.25, 0.3) is 0 Å². The first-order valence-electron chi connectivity index (χ1n) is 6.64. The third-order valence-electron chi connectivity index (χ3n) is 3.07. The zero-order chi connectivity index (χ0) is 14.5. The predicted octanol–water partition coefficient (Wildman–Crippen LogP) is 3.74. The van der Waals surface area contributed by atoms with E-state index >= 15 is 0 Å². The normalized spacial score (nSPS) is 10.3. The number of carbonyl (C=O) groups excluding carboxylic acids is 1. The van der Waals surface area contributed by atoms with Crippen LogP contribution in [0.3, 0.4) is 0 Å². The standard InChI is InChI=1S/C17H14N2O2/c20-17(21-13-14-7-3-1-4-8-14)19-12-11-18-16(19)15-9-5-2-6-10-15/h1-12H,13H2. The molecule has 0 aliphatic carbocycles. The first kappa shape index (κ1) is 13.1. The number of hydrogen-bond acceptors (Lipinski definition) is 3. The number of carbonyl (C=O) groups is 1. The van der Waals surface area contributed by atoms with Crippen molar-refractivity contribution in [2.75, 3.05) is 0 Å². The summed E-state index contributed by atoms with van der Waals surface area (Å²) in [6, 6.07) is 19.1. The maximum Gasteiger partial charge on any atom is 0.420 e. The molecular weight excluding hydrogens is 264 g/mol. The van der Waals surface area contributed by atoms with E-state index in [-0.39, 0.29) is 6.61 Å². The molecule has 2 aromatic carbocycles. The molecule has 1 aromatic heterocycles. The zero-order valence-electron chi connectivity index (χ0n) is 11.3. The molecular formula is C17H14N2O2. The van der Waals surface area contributed by atoms with Crippen molar-refractivity contribution in [3.8, 4) is 11.4 Å². The third kappa shape index (κ3) is 3.00. The van der Waals surface area contributed by atoms with E-state index in [2.05, 4.69) is 4.98 Å². The Kier molecular flexibility index (Phi) is 3.78. The molecule has 0 unspecified atom stereocenters. The smallest absolute Gasteiger partial charge is 0.420 e. The van der Waals surface area contributed by atoms with Crippen LogP contribution in [0.15, 0.2) is 73.1 Å². The van der Waals surface area contributed by atoms with E-state index in [4.69, 9.17) is 4.74 Å². The summed E-state index contributed by atoms with van der Waals surface area (Å²) >= 11 is 0. The second kappa shape index (κ2) is 6.05. The Labute approximate surface area is 122 Å². The van der Waals surface area contributed by atoms with Crippen LogP contribution in [0.25, 0.3) is 11.4 Å². The van der Waals surface area contributed by atoms with Gasteiger partial charge >= 0.3 is 6.09 Å². The van der Waals surface area contributed by atoms with Crippen molar-refractivity contribution in [1.29, 1.82) is 0 Å². The van der Waals surface area contributed by atoms with E-state index in [0.717, 1.165) is 11.1 Å². The van der Waals surface area contributed by atoms with Crippen molar-refractivity contribution >= 4 is 6.09 Å². The van der Waals surface area contributed by atoms with Crippen LogP contribution in [-0.4, -0.2) is 15.6 Å². The molecule has 0 amide bonds. The van der Waals surface area contributed by atoms with Crippen molar-refractivity contribution in [1.82, 2.24) is 9.55 Å². The molecule has 1 heterocycles. The Hall–Kier alpha value is -2.88. The SMILES string of the molecule is O=C(OCc1ccccc1)n1ccnc1-c1ccccc1. The van der Waals surface area contributed by atoms with E-state index in [9.17, 15) is 4.79 Å². The molecule has 21 heavy (non-hydrogen) atoms. The van der Waals surface area contributed by atoms with Crippen LogP contribution in [0.5, 0.6) is 0 Å². The number of nitrogens with zero attached hydrogens (tertiary/aromatic N) is 2. The fourth-order valence-corrected chi connectivity index (χ4v) is 2.04. The van der Waals surface area contributed by atoms with Gasteiger partial charge in [-0.05, 0) is 5.56 Å². The number of imidazole rings is 1. The molecule has 0 saturated carbocycles. The molecule has 0 fully saturated rings. The van der Waals surface area contributed by atoms with E-state index in [1.54, 1.807) is 12.4 Å². The van der Waals surface area contributed by atoms with Crippen LogP contribution >= 0.6 is 0 Å². The Morgan fingerprint density at radius 2 is 1.67 bits per heavy atom. The molecule has 104 valence electrons. The summed E-state index contributed by atoms with van der Waals surface area (Å²) in [6.45, 7) is 0.242. The zero-order valence-corrected chi connectivity index (χ0v) is 11.3. The maximum absolute atomic E-state index is 12.2. The van der Waals surface area contributed by atoms with E-state index < -0.39 is 6.09 Å². The van der Waals surface area contributed by atoms with Gasteiger partial charge in [-0.1, -0.05) is 60.7 Å². The first-order valence-corrected chi connectivity index (χ1v) is 6.64. The fraction of sp³-hybridized carbons (Fsp3) is 0.0588. The lowest BCUT2D eigenvalue weighted by Gasteiger charge is -2.08. The van der Waals surface area contributed by atoms with Crippen LogP contribution in [0.2, 0.25) is 0 Å². The van der Waals surface area contributed by atoms with Gasteiger partial charge in [0.15, 0.2) is 0 Å². The molecule has 0 radical (unpaired) electrons. The van der Waals surface area contributed by atoms with E-state index in [0.29, 0.717) is 5.82 Å². The van der Waals surface area contributed by atoms with Gasteiger partial charge in [0.2, 0.25) is 0 Å². The van der Waals surface area contributed by atoms with Gasteiger partial charge in [0.1, 0.15) is 12.4 Å². The minimum Gasteiger partial charge on any atom is -0.444 e. The summed E-state index contributed by atoms with van der Waals surface area (Å²) in [5.74, 6) is 0.577. The van der Waals surface area contributed by atoms with Crippen LogP contribution in [0.1, 0.15) is 5.56 Å². The first-order chi connectivity index (χ1) is 10.3. The second-order valence-electron chi connectivity index (χ2n) is 4.53. The molecule has 4 nitrogen and oxygen atoms in total. The number of aromatic nitrogens is 2. The molecule has 0 aliphatic heterocycles. The highest BCUT2D eigenvalue weighted by molar-refractivity contribution is 5.76.